The standard InChI is InChI=1S/C18H17NO4/c1-12(20)13-3-6-15(7-4-13)19-18(21)14-5-8-16-17(11-14)23-10-2-9-22-16/h3-8,11H,2,9-10H2,1H3,(H,19,21). The summed E-state index contributed by atoms with van der Waals surface area (Å²) in [6, 6.07) is 11.9. The number of ketones is 1. The summed E-state index contributed by atoms with van der Waals surface area (Å²) in [6.07, 6.45) is 0.818. The van der Waals surface area contributed by atoms with Crippen LogP contribution in [0.5, 0.6) is 11.5 Å². The third kappa shape index (κ3) is 3.51. The van der Waals surface area contributed by atoms with Crippen LogP contribution in [0.3, 0.4) is 0 Å². The molecule has 118 valence electrons. The molecule has 0 aliphatic carbocycles. The van der Waals surface area contributed by atoms with Gasteiger partial charge in [0.25, 0.3) is 5.91 Å². The van der Waals surface area contributed by atoms with E-state index in [2.05, 4.69) is 5.32 Å². The zero-order valence-electron chi connectivity index (χ0n) is 12.8. The largest absolute Gasteiger partial charge is 0.490 e. The van der Waals surface area contributed by atoms with Gasteiger partial charge in [-0.3, -0.25) is 9.59 Å². The van der Waals surface area contributed by atoms with Gasteiger partial charge in [0.05, 0.1) is 13.2 Å². The van der Waals surface area contributed by atoms with Gasteiger partial charge in [-0.2, -0.15) is 0 Å². The van der Waals surface area contributed by atoms with Gasteiger partial charge in [-0.25, -0.2) is 0 Å². The van der Waals surface area contributed by atoms with E-state index >= 15 is 0 Å². The zero-order valence-corrected chi connectivity index (χ0v) is 12.8. The number of hydrogen-bond donors (Lipinski definition) is 1. The lowest BCUT2D eigenvalue weighted by atomic mass is 10.1. The number of fused-ring (bicyclic) bond motifs is 1. The molecule has 1 heterocycles. The first-order chi connectivity index (χ1) is 11.1. The van der Waals surface area contributed by atoms with Gasteiger partial charge in [0.15, 0.2) is 17.3 Å². The highest BCUT2D eigenvalue weighted by atomic mass is 16.5. The first-order valence-corrected chi connectivity index (χ1v) is 7.45. The van der Waals surface area contributed by atoms with Crippen molar-refractivity contribution >= 4 is 17.4 Å². The molecule has 0 saturated carbocycles. The summed E-state index contributed by atoms with van der Waals surface area (Å²) in [5, 5.41) is 2.80. The Hall–Kier alpha value is -2.82. The van der Waals surface area contributed by atoms with Crippen LogP contribution in [0.2, 0.25) is 0 Å². The monoisotopic (exact) mass is 311 g/mol. The summed E-state index contributed by atoms with van der Waals surface area (Å²) in [5.41, 5.74) is 1.73. The summed E-state index contributed by atoms with van der Waals surface area (Å²) in [6.45, 7) is 2.69. The van der Waals surface area contributed by atoms with E-state index in [0.717, 1.165) is 6.42 Å². The highest BCUT2D eigenvalue weighted by Gasteiger charge is 2.14. The lowest BCUT2D eigenvalue weighted by Crippen LogP contribution is -2.12. The van der Waals surface area contributed by atoms with Crippen LogP contribution >= 0.6 is 0 Å². The van der Waals surface area contributed by atoms with Gasteiger partial charge in [-0.1, -0.05) is 0 Å². The lowest BCUT2D eigenvalue weighted by molar-refractivity contribution is 0.101. The number of rotatable bonds is 3. The van der Waals surface area contributed by atoms with Crippen LogP contribution in [-0.2, 0) is 0 Å². The van der Waals surface area contributed by atoms with Gasteiger partial charge in [-0.05, 0) is 49.4 Å². The predicted molar refractivity (Wildman–Crippen MR) is 86.4 cm³/mol. The molecule has 0 unspecified atom stereocenters. The van der Waals surface area contributed by atoms with Gasteiger partial charge < -0.3 is 14.8 Å². The number of ether oxygens (including phenoxy) is 2. The summed E-state index contributed by atoms with van der Waals surface area (Å²) in [4.78, 5) is 23.6. The Bertz CT molecular complexity index is 737. The SMILES string of the molecule is CC(=O)c1ccc(NC(=O)c2ccc3c(c2)OCCCO3)cc1. The van der Waals surface area contributed by atoms with E-state index in [-0.39, 0.29) is 11.7 Å². The molecule has 0 fully saturated rings. The van der Waals surface area contributed by atoms with Crippen LogP contribution in [0.25, 0.3) is 0 Å². The molecule has 0 aromatic heterocycles. The maximum atomic E-state index is 12.3. The van der Waals surface area contributed by atoms with E-state index in [1.165, 1.54) is 6.92 Å². The number of amides is 1. The van der Waals surface area contributed by atoms with Crippen molar-refractivity contribution < 1.29 is 19.1 Å². The number of carbonyl (C=O) groups excluding carboxylic acids is 2. The van der Waals surface area contributed by atoms with Gasteiger partial charge >= 0.3 is 0 Å². The molecule has 5 nitrogen and oxygen atoms in total. The molecule has 2 aromatic rings. The molecule has 0 saturated heterocycles. The Balaban J connectivity index is 1.75. The second-order valence-electron chi connectivity index (χ2n) is 5.30. The minimum atomic E-state index is -0.240. The Morgan fingerprint density at radius 2 is 1.57 bits per heavy atom. The number of anilines is 1. The minimum Gasteiger partial charge on any atom is -0.490 e. The highest BCUT2D eigenvalue weighted by molar-refractivity contribution is 6.05. The Labute approximate surface area is 134 Å². The number of nitrogens with one attached hydrogen (secondary N) is 1. The number of carbonyl (C=O) groups is 2. The van der Waals surface area contributed by atoms with Crippen molar-refractivity contribution in [1.82, 2.24) is 0 Å². The van der Waals surface area contributed by atoms with Crippen molar-refractivity contribution in [3.8, 4) is 11.5 Å². The first kappa shape index (κ1) is 15.1. The molecule has 0 spiro atoms. The molecule has 0 radical (unpaired) electrons. The van der Waals surface area contributed by atoms with Crippen molar-refractivity contribution in [3.05, 3.63) is 53.6 Å². The number of Topliss-reactive ketones (excluding diaryl/α,β-unsaturated/α-hetero) is 1. The van der Waals surface area contributed by atoms with Gasteiger partial charge in [0.2, 0.25) is 0 Å². The van der Waals surface area contributed by atoms with E-state index in [0.29, 0.717) is 41.5 Å². The second kappa shape index (κ2) is 6.52. The fourth-order valence-corrected chi connectivity index (χ4v) is 2.30. The second-order valence-corrected chi connectivity index (χ2v) is 5.30. The maximum absolute atomic E-state index is 12.3. The van der Waals surface area contributed by atoms with Crippen molar-refractivity contribution in [2.24, 2.45) is 0 Å². The van der Waals surface area contributed by atoms with E-state index in [1.807, 2.05) is 0 Å². The molecule has 0 bridgehead atoms. The van der Waals surface area contributed by atoms with Crippen LogP contribution < -0.4 is 14.8 Å². The molecule has 1 amide bonds. The van der Waals surface area contributed by atoms with Gasteiger partial charge in [-0.15, -0.1) is 0 Å². The fourth-order valence-electron chi connectivity index (χ4n) is 2.30. The molecule has 3 rings (SSSR count). The molecule has 1 aliphatic rings. The van der Waals surface area contributed by atoms with Crippen LogP contribution in [0, 0.1) is 0 Å². The Morgan fingerprint density at radius 1 is 0.913 bits per heavy atom. The summed E-state index contributed by atoms with van der Waals surface area (Å²) >= 11 is 0. The van der Waals surface area contributed by atoms with Crippen LogP contribution in [0.4, 0.5) is 5.69 Å². The third-order valence-electron chi connectivity index (χ3n) is 3.56. The summed E-state index contributed by atoms with van der Waals surface area (Å²) < 4.78 is 11.1. The van der Waals surface area contributed by atoms with Crippen molar-refractivity contribution in [2.75, 3.05) is 18.5 Å². The van der Waals surface area contributed by atoms with E-state index in [1.54, 1.807) is 42.5 Å². The summed E-state index contributed by atoms with van der Waals surface area (Å²) in [7, 11) is 0. The zero-order chi connectivity index (χ0) is 16.2. The lowest BCUT2D eigenvalue weighted by Gasteiger charge is -2.10. The van der Waals surface area contributed by atoms with Gasteiger partial charge in [0, 0.05) is 23.2 Å². The first-order valence-electron chi connectivity index (χ1n) is 7.45. The molecular formula is C18H17NO4. The summed E-state index contributed by atoms with van der Waals surface area (Å²) in [5.74, 6) is 0.994. The number of hydrogen-bond acceptors (Lipinski definition) is 4. The highest BCUT2D eigenvalue weighted by Crippen LogP contribution is 2.30. The minimum absolute atomic E-state index is 0.00854. The molecular weight excluding hydrogens is 294 g/mol. The molecule has 2 aromatic carbocycles. The van der Waals surface area contributed by atoms with E-state index < -0.39 is 0 Å². The quantitative estimate of drug-likeness (QED) is 0.883. The normalized spacial score (nSPS) is 13.1. The van der Waals surface area contributed by atoms with Crippen LogP contribution in [0.15, 0.2) is 42.5 Å². The number of benzene rings is 2. The molecule has 1 N–H and O–H groups in total. The van der Waals surface area contributed by atoms with Crippen LogP contribution in [-0.4, -0.2) is 24.9 Å². The van der Waals surface area contributed by atoms with Crippen LogP contribution in [0.1, 0.15) is 34.1 Å². The molecule has 1 aliphatic heterocycles. The average Bonchev–Trinajstić information content (AvgIpc) is 2.79. The van der Waals surface area contributed by atoms with E-state index in [4.69, 9.17) is 9.47 Å². The Kier molecular flexibility index (Phi) is 4.28. The third-order valence-corrected chi connectivity index (χ3v) is 3.56. The molecule has 0 atom stereocenters. The smallest absolute Gasteiger partial charge is 0.255 e. The predicted octanol–water partition coefficient (Wildman–Crippen LogP) is 3.30. The topological polar surface area (TPSA) is 64.6 Å². The molecule has 5 heteroatoms. The Morgan fingerprint density at radius 3 is 2.26 bits per heavy atom. The van der Waals surface area contributed by atoms with Crippen molar-refractivity contribution in [1.29, 1.82) is 0 Å². The van der Waals surface area contributed by atoms with Gasteiger partial charge in [0.1, 0.15) is 0 Å². The maximum Gasteiger partial charge on any atom is 0.255 e. The van der Waals surface area contributed by atoms with Crippen molar-refractivity contribution in [3.63, 3.8) is 0 Å². The molecule has 23 heavy (non-hydrogen) atoms. The van der Waals surface area contributed by atoms with Crippen molar-refractivity contribution in [2.45, 2.75) is 13.3 Å². The van der Waals surface area contributed by atoms with E-state index in [9.17, 15) is 9.59 Å². The fraction of sp³-hybridized carbons (Fsp3) is 0.222. The average molecular weight is 311 g/mol.